The van der Waals surface area contributed by atoms with Crippen molar-refractivity contribution < 1.29 is 14.3 Å². The molecule has 1 aliphatic rings. The van der Waals surface area contributed by atoms with Gasteiger partial charge in [-0.2, -0.15) is 0 Å². The van der Waals surface area contributed by atoms with Crippen molar-refractivity contribution in [3.63, 3.8) is 0 Å². The van der Waals surface area contributed by atoms with Gasteiger partial charge in [-0.3, -0.25) is 9.69 Å². The zero-order valence-corrected chi connectivity index (χ0v) is 16.8. The molecular weight excluding hydrogens is 386 g/mol. The van der Waals surface area contributed by atoms with Gasteiger partial charge in [-0.1, -0.05) is 15.9 Å². The molecule has 1 aromatic rings. The van der Waals surface area contributed by atoms with Crippen LogP contribution < -0.4 is 4.90 Å². The number of nitrogens with zero attached hydrogens (tertiary/aromatic N) is 3. The summed E-state index contributed by atoms with van der Waals surface area (Å²) in [7, 11) is 2.02. The number of carbonyl (C=O) groups excluding carboxylic acids is 2. The summed E-state index contributed by atoms with van der Waals surface area (Å²) in [4.78, 5) is 29.5. The summed E-state index contributed by atoms with van der Waals surface area (Å²) in [5, 5.41) is 0. The van der Waals surface area contributed by atoms with Crippen LogP contribution in [-0.4, -0.2) is 67.2 Å². The Morgan fingerprint density at radius 2 is 1.96 bits per heavy atom. The Hall–Kier alpha value is -1.60. The number of anilines is 1. The lowest BCUT2D eigenvalue weighted by Gasteiger charge is -2.41. The van der Waals surface area contributed by atoms with Gasteiger partial charge in [-0.25, -0.2) is 4.79 Å². The van der Waals surface area contributed by atoms with Crippen LogP contribution in [0, 0.1) is 0 Å². The maximum atomic E-state index is 12.3. The van der Waals surface area contributed by atoms with Gasteiger partial charge in [0.15, 0.2) is 0 Å². The van der Waals surface area contributed by atoms with Crippen LogP contribution in [0.5, 0.6) is 0 Å². The number of hydrogen-bond acceptors (Lipinski definition) is 4. The van der Waals surface area contributed by atoms with Crippen molar-refractivity contribution in [2.24, 2.45) is 0 Å². The zero-order chi connectivity index (χ0) is 18.6. The predicted octanol–water partition coefficient (Wildman–Crippen LogP) is 2.96. The van der Waals surface area contributed by atoms with Crippen LogP contribution in [-0.2, 0) is 9.53 Å². The van der Waals surface area contributed by atoms with Crippen LogP contribution in [0.3, 0.4) is 0 Å². The highest BCUT2D eigenvalue weighted by Gasteiger charge is 2.31. The third-order valence-corrected chi connectivity index (χ3v) is 4.65. The lowest BCUT2D eigenvalue weighted by molar-refractivity contribution is -0.107. The molecule has 1 aromatic carbocycles. The summed E-state index contributed by atoms with van der Waals surface area (Å²) < 4.78 is 6.44. The average Bonchev–Trinajstić information content (AvgIpc) is 2.53. The molecule has 1 atom stereocenters. The second kappa shape index (κ2) is 8.19. The van der Waals surface area contributed by atoms with Gasteiger partial charge in [0.2, 0.25) is 6.41 Å². The minimum absolute atomic E-state index is 0.0510. The van der Waals surface area contributed by atoms with Crippen molar-refractivity contribution in [3.8, 4) is 0 Å². The normalized spacial score (nSPS) is 18.8. The maximum absolute atomic E-state index is 12.3. The van der Waals surface area contributed by atoms with Crippen LogP contribution in [0.2, 0.25) is 0 Å². The molecule has 7 heteroatoms. The molecule has 0 aromatic heterocycles. The van der Waals surface area contributed by atoms with Gasteiger partial charge in [0, 0.05) is 42.4 Å². The van der Waals surface area contributed by atoms with Crippen molar-refractivity contribution in [2.75, 3.05) is 38.1 Å². The Labute approximate surface area is 157 Å². The van der Waals surface area contributed by atoms with E-state index in [9.17, 15) is 9.59 Å². The molecule has 0 radical (unpaired) electrons. The number of amides is 2. The number of piperazine rings is 1. The largest absolute Gasteiger partial charge is 0.444 e. The smallest absolute Gasteiger partial charge is 0.410 e. The molecule has 25 heavy (non-hydrogen) atoms. The fourth-order valence-corrected chi connectivity index (χ4v) is 2.97. The molecule has 2 rings (SSSR count). The standard InChI is InChI=1S/C18H26BrN3O3/c1-18(2,3)25-17(24)21-10-9-20(4)16(11-21)12-22(13-23)15-7-5-14(19)6-8-15/h5-8,13,16H,9-12H2,1-4H3. The van der Waals surface area contributed by atoms with Gasteiger partial charge < -0.3 is 14.5 Å². The Balaban J connectivity index is 2.04. The number of benzene rings is 1. The van der Waals surface area contributed by atoms with E-state index in [2.05, 4.69) is 20.8 Å². The van der Waals surface area contributed by atoms with Gasteiger partial charge in [0.05, 0.1) is 0 Å². The summed E-state index contributed by atoms with van der Waals surface area (Å²) in [5.74, 6) is 0. The van der Waals surface area contributed by atoms with E-state index in [4.69, 9.17) is 4.74 Å². The number of halogens is 1. The fraction of sp³-hybridized carbons (Fsp3) is 0.556. The number of likely N-dealkylation sites (N-methyl/N-ethyl adjacent to an activating group) is 1. The predicted molar refractivity (Wildman–Crippen MR) is 102 cm³/mol. The Morgan fingerprint density at radius 3 is 2.52 bits per heavy atom. The van der Waals surface area contributed by atoms with E-state index < -0.39 is 5.60 Å². The third-order valence-electron chi connectivity index (χ3n) is 4.12. The number of hydrogen-bond donors (Lipinski definition) is 0. The van der Waals surface area contributed by atoms with Crippen LogP contribution in [0.15, 0.2) is 28.7 Å². The van der Waals surface area contributed by atoms with Gasteiger partial charge in [-0.15, -0.1) is 0 Å². The lowest BCUT2D eigenvalue weighted by Crippen LogP contribution is -2.57. The molecule has 1 heterocycles. The van der Waals surface area contributed by atoms with Gasteiger partial charge in [0.25, 0.3) is 0 Å². The third kappa shape index (κ3) is 5.71. The van der Waals surface area contributed by atoms with E-state index in [1.54, 1.807) is 9.80 Å². The van der Waals surface area contributed by atoms with E-state index in [1.165, 1.54) is 0 Å². The molecule has 0 saturated carbocycles. The van der Waals surface area contributed by atoms with Gasteiger partial charge >= 0.3 is 6.09 Å². The SMILES string of the molecule is CN1CCN(C(=O)OC(C)(C)C)CC1CN(C=O)c1ccc(Br)cc1. The minimum Gasteiger partial charge on any atom is -0.444 e. The van der Waals surface area contributed by atoms with Gasteiger partial charge in [0.1, 0.15) is 5.60 Å². The van der Waals surface area contributed by atoms with Gasteiger partial charge in [-0.05, 0) is 52.1 Å². The first-order chi connectivity index (χ1) is 11.7. The molecule has 0 spiro atoms. The van der Waals surface area contributed by atoms with Crippen molar-refractivity contribution >= 4 is 34.1 Å². The molecule has 1 fully saturated rings. The second-order valence-corrected chi connectivity index (χ2v) is 8.21. The van der Waals surface area contributed by atoms with E-state index in [0.717, 1.165) is 23.1 Å². The van der Waals surface area contributed by atoms with E-state index in [-0.39, 0.29) is 12.1 Å². The fourth-order valence-electron chi connectivity index (χ4n) is 2.70. The van der Waals surface area contributed by atoms with Crippen LogP contribution >= 0.6 is 15.9 Å². The van der Waals surface area contributed by atoms with Crippen LogP contribution in [0.1, 0.15) is 20.8 Å². The quantitative estimate of drug-likeness (QED) is 0.714. The Morgan fingerprint density at radius 1 is 1.32 bits per heavy atom. The van der Waals surface area contributed by atoms with Crippen molar-refractivity contribution in [2.45, 2.75) is 32.4 Å². The summed E-state index contributed by atoms with van der Waals surface area (Å²) >= 11 is 3.40. The summed E-state index contributed by atoms with van der Waals surface area (Å²) in [6, 6.07) is 7.65. The second-order valence-electron chi connectivity index (χ2n) is 7.29. The highest BCUT2D eigenvalue weighted by Crippen LogP contribution is 2.20. The molecular formula is C18H26BrN3O3. The van der Waals surface area contributed by atoms with Crippen molar-refractivity contribution in [1.82, 2.24) is 9.80 Å². The Bertz CT molecular complexity index is 601. The zero-order valence-electron chi connectivity index (χ0n) is 15.2. The molecule has 0 N–H and O–H groups in total. The lowest BCUT2D eigenvalue weighted by atomic mass is 10.1. The minimum atomic E-state index is -0.512. The molecule has 0 bridgehead atoms. The molecule has 138 valence electrons. The first-order valence-electron chi connectivity index (χ1n) is 8.35. The van der Waals surface area contributed by atoms with Crippen LogP contribution in [0.25, 0.3) is 0 Å². The van der Waals surface area contributed by atoms with E-state index >= 15 is 0 Å². The van der Waals surface area contributed by atoms with E-state index in [0.29, 0.717) is 19.6 Å². The molecule has 1 unspecified atom stereocenters. The summed E-state index contributed by atoms with van der Waals surface area (Å²) in [6.45, 7) is 8.01. The average molecular weight is 412 g/mol. The highest BCUT2D eigenvalue weighted by atomic mass is 79.9. The van der Waals surface area contributed by atoms with E-state index in [1.807, 2.05) is 52.1 Å². The number of carbonyl (C=O) groups is 2. The summed E-state index contributed by atoms with van der Waals surface area (Å²) in [6.07, 6.45) is 0.538. The first kappa shape index (κ1) is 19.7. The molecule has 0 aliphatic carbocycles. The topological polar surface area (TPSA) is 53.1 Å². The monoisotopic (exact) mass is 411 g/mol. The molecule has 1 aliphatic heterocycles. The van der Waals surface area contributed by atoms with Crippen molar-refractivity contribution in [1.29, 1.82) is 0 Å². The first-order valence-corrected chi connectivity index (χ1v) is 9.14. The summed E-state index contributed by atoms with van der Waals surface area (Å²) in [5.41, 5.74) is 0.323. The molecule has 1 saturated heterocycles. The highest BCUT2D eigenvalue weighted by molar-refractivity contribution is 9.10. The van der Waals surface area contributed by atoms with Crippen molar-refractivity contribution in [3.05, 3.63) is 28.7 Å². The molecule has 2 amide bonds. The molecule has 6 nitrogen and oxygen atoms in total. The maximum Gasteiger partial charge on any atom is 0.410 e. The Kier molecular flexibility index (Phi) is 6.46. The number of ether oxygens (including phenoxy) is 1. The van der Waals surface area contributed by atoms with Crippen LogP contribution in [0.4, 0.5) is 10.5 Å². The number of rotatable bonds is 4.